The lowest BCUT2D eigenvalue weighted by atomic mass is 10.0. The molecular weight excluding hydrogens is 316 g/mol. The van der Waals surface area contributed by atoms with E-state index < -0.39 is 17.4 Å². The summed E-state index contributed by atoms with van der Waals surface area (Å²) in [5.74, 6) is -0.622. The van der Waals surface area contributed by atoms with Crippen molar-refractivity contribution in [2.45, 2.75) is 19.1 Å². The van der Waals surface area contributed by atoms with Crippen LogP contribution in [0.1, 0.15) is 12.5 Å². The highest BCUT2D eigenvalue weighted by Gasteiger charge is 2.47. The predicted octanol–water partition coefficient (Wildman–Crippen LogP) is 2.75. The van der Waals surface area contributed by atoms with Crippen LogP contribution in [0.3, 0.4) is 0 Å². The van der Waals surface area contributed by atoms with Crippen LogP contribution in [0, 0.1) is 0 Å². The first-order valence-electron chi connectivity index (χ1n) is 7.11. The minimum atomic E-state index is -1.63. The third kappa shape index (κ3) is 3.00. The number of hydrogen-bond acceptors (Lipinski definition) is 3. The highest BCUT2D eigenvalue weighted by Crippen LogP contribution is 2.35. The molecule has 0 unspecified atom stereocenters. The Morgan fingerprint density at radius 2 is 2.00 bits per heavy atom. The molecule has 0 saturated heterocycles. The summed E-state index contributed by atoms with van der Waals surface area (Å²) in [7, 11) is 0. The fraction of sp³-hybridized carbons (Fsp3) is 0.176. The maximum atomic E-state index is 12.5. The second kappa shape index (κ2) is 5.93. The normalized spacial score (nSPS) is 19.3. The maximum absolute atomic E-state index is 12.5. The molecule has 2 aromatic carbocycles. The monoisotopic (exact) mass is 330 g/mol. The average Bonchev–Trinajstić information content (AvgIpc) is 2.55. The molecule has 2 amide bonds. The first kappa shape index (κ1) is 15.4. The number of fused-ring (bicyclic) bond motifs is 1. The quantitative estimate of drug-likeness (QED) is 0.850. The molecule has 1 atom stereocenters. The van der Waals surface area contributed by atoms with Gasteiger partial charge in [-0.1, -0.05) is 41.9 Å². The van der Waals surface area contributed by atoms with E-state index in [1.807, 2.05) is 30.3 Å². The zero-order valence-corrected chi connectivity index (χ0v) is 13.2. The zero-order valence-electron chi connectivity index (χ0n) is 12.4. The van der Waals surface area contributed by atoms with Crippen LogP contribution < -0.4 is 15.4 Å². The minimum Gasteiger partial charge on any atom is -0.466 e. The maximum Gasteiger partial charge on any atom is 0.278 e. The van der Waals surface area contributed by atoms with Gasteiger partial charge in [-0.3, -0.25) is 9.59 Å². The van der Waals surface area contributed by atoms with Crippen LogP contribution in [0.2, 0.25) is 5.02 Å². The largest absolute Gasteiger partial charge is 0.466 e. The molecule has 0 spiro atoms. The summed E-state index contributed by atoms with van der Waals surface area (Å²) in [6, 6.07) is 14.3. The van der Waals surface area contributed by atoms with Gasteiger partial charge in [0.2, 0.25) is 0 Å². The summed E-state index contributed by atoms with van der Waals surface area (Å²) in [6.45, 7) is 1.76. The summed E-state index contributed by atoms with van der Waals surface area (Å²) in [5, 5.41) is 5.87. The number of hydrogen-bond donors (Lipinski definition) is 2. The van der Waals surface area contributed by atoms with Gasteiger partial charge in [0.05, 0.1) is 5.69 Å². The van der Waals surface area contributed by atoms with E-state index >= 15 is 0 Å². The van der Waals surface area contributed by atoms with E-state index in [2.05, 4.69) is 10.6 Å². The smallest absolute Gasteiger partial charge is 0.278 e. The lowest BCUT2D eigenvalue weighted by Gasteiger charge is -2.33. The topological polar surface area (TPSA) is 67.4 Å². The van der Waals surface area contributed by atoms with Gasteiger partial charge in [-0.2, -0.15) is 0 Å². The number of nitrogens with one attached hydrogen (secondary N) is 2. The molecular formula is C17H15ClN2O3. The van der Waals surface area contributed by atoms with Crippen molar-refractivity contribution in [3.8, 4) is 5.75 Å². The Morgan fingerprint density at radius 3 is 2.74 bits per heavy atom. The second-order valence-electron chi connectivity index (χ2n) is 5.40. The van der Waals surface area contributed by atoms with Gasteiger partial charge in [0.15, 0.2) is 0 Å². The van der Waals surface area contributed by atoms with Crippen molar-refractivity contribution in [1.82, 2.24) is 5.32 Å². The van der Waals surface area contributed by atoms with Gasteiger partial charge in [0.1, 0.15) is 5.75 Å². The molecule has 23 heavy (non-hydrogen) atoms. The van der Waals surface area contributed by atoms with E-state index in [9.17, 15) is 9.59 Å². The Hall–Kier alpha value is -2.53. The number of amides is 2. The Labute approximate surface area is 138 Å². The van der Waals surface area contributed by atoms with Crippen molar-refractivity contribution >= 4 is 29.1 Å². The van der Waals surface area contributed by atoms with Crippen LogP contribution in [0.5, 0.6) is 5.75 Å². The summed E-state index contributed by atoms with van der Waals surface area (Å²) in [4.78, 5) is 24.8. The van der Waals surface area contributed by atoms with Crippen LogP contribution in [0.4, 0.5) is 5.69 Å². The molecule has 5 nitrogen and oxygen atoms in total. The Bertz CT molecular complexity index is 764. The van der Waals surface area contributed by atoms with Crippen LogP contribution in [-0.4, -0.2) is 17.4 Å². The van der Waals surface area contributed by atoms with Crippen molar-refractivity contribution in [3.63, 3.8) is 0 Å². The molecule has 2 aromatic rings. The van der Waals surface area contributed by atoms with E-state index in [0.717, 1.165) is 5.56 Å². The van der Waals surface area contributed by atoms with Gasteiger partial charge in [-0.05, 0) is 30.7 Å². The summed E-state index contributed by atoms with van der Waals surface area (Å²) in [6.07, 6.45) is 0. The molecule has 1 heterocycles. The molecule has 1 aliphatic rings. The summed E-state index contributed by atoms with van der Waals surface area (Å²) in [5.41, 5.74) is -0.237. The van der Waals surface area contributed by atoms with Crippen LogP contribution >= 0.6 is 11.6 Å². The predicted molar refractivity (Wildman–Crippen MR) is 87.4 cm³/mol. The Morgan fingerprint density at radius 1 is 1.26 bits per heavy atom. The van der Waals surface area contributed by atoms with Gasteiger partial charge in [-0.15, -0.1) is 0 Å². The van der Waals surface area contributed by atoms with Gasteiger partial charge in [0, 0.05) is 11.6 Å². The van der Waals surface area contributed by atoms with Crippen LogP contribution in [0.25, 0.3) is 0 Å². The van der Waals surface area contributed by atoms with E-state index in [1.165, 1.54) is 6.92 Å². The van der Waals surface area contributed by atoms with Crippen molar-refractivity contribution in [1.29, 1.82) is 0 Å². The second-order valence-corrected chi connectivity index (χ2v) is 5.83. The number of ether oxygens (including phenoxy) is 1. The van der Waals surface area contributed by atoms with E-state index in [1.54, 1.807) is 18.2 Å². The van der Waals surface area contributed by atoms with Gasteiger partial charge in [0.25, 0.3) is 17.4 Å². The number of anilines is 1. The van der Waals surface area contributed by atoms with Crippen molar-refractivity contribution < 1.29 is 14.3 Å². The Balaban J connectivity index is 1.77. The number of benzene rings is 2. The number of halogens is 1. The SMILES string of the molecule is C[C@@]1(C(=O)NCc2ccccc2)Oc2ccc(Cl)cc2NC1=O. The summed E-state index contributed by atoms with van der Waals surface area (Å²) >= 11 is 5.89. The molecule has 118 valence electrons. The molecule has 2 N–H and O–H groups in total. The fourth-order valence-electron chi connectivity index (χ4n) is 2.29. The Kier molecular flexibility index (Phi) is 3.96. The lowest BCUT2D eigenvalue weighted by Crippen LogP contribution is -2.58. The van der Waals surface area contributed by atoms with Gasteiger partial charge in [-0.25, -0.2) is 0 Å². The van der Waals surface area contributed by atoms with Crippen LogP contribution in [0.15, 0.2) is 48.5 Å². The first-order valence-corrected chi connectivity index (χ1v) is 7.49. The molecule has 3 rings (SSSR count). The first-order chi connectivity index (χ1) is 11.0. The number of carbonyl (C=O) groups is 2. The molecule has 0 aromatic heterocycles. The molecule has 0 aliphatic carbocycles. The molecule has 6 heteroatoms. The van der Waals surface area contributed by atoms with Crippen molar-refractivity contribution in [3.05, 3.63) is 59.1 Å². The highest BCUT2D eigenvalue weighted by molar-refractivity contribution is 6.31. The lowest BCUT2D eigenvalue weighted by molar-refractivity contribution is -0.146. The van der Waals surface area contributed by atoms with E-state index in [-0.39, 0.29) is 0 Å². The third-order valence-electron chi connectivity index (χ3n) is 3.67. The number of rotatable bonds is 3. The minimum absolute atomic E-state index is 0.319. The van der Waals surface area contributed by atoms with E-state index in [0.29, 0.717) is 23.0 Å². The average molecular weight is 331 g/mol. The molecule has 0 radical (unpaired) electrons. The van der Waals surface area contributed by atoms with Crippen LogP contribution in [-0.2, 0) is 16.1 Å². The van der Waals surface area contributed by atoms with Crippen molar-refractivity contribution in [2.24, 2.45) is 0 Å². The standard InChI is InChI=1S/C17H15ClN2O3/c1-17(15(21)19-10-11-5-3-2-4-6-11)16(22)20-13-9-12(18)7-8-14(13)23-17/h2-9H,10H2,1H3,(H,19,21)(H,20,22)/t17-/m0/s1. The molecule has 0 saturated carbocycles. The molecule has 0 fully saturated rings. The van der Waals surface area contributed by atoms with Gasteiger partial charge < -0.3 is 15.4 Å². The zero-order chi connectivity index (χ0) is 16.4. The van der Waals surface area contributed by atoms with E-state index in [4.69, 9.17) is 16.3 Å². The number of carbonyl (C=O) groups excluding carboxylic acids is 2. The molecule has 0 bridgehead atoms. The van der Waals surface area contributed by atoms with Gasteiger partial charge >= 0.3 is 0 Å². The fourth-order valence-corrected chi connectivity index (χ4v) is 2.47. The molecule has 1 aliphatic heterocycles. The van der Waals surface area contributed by atoms with Crippen molar-refractivity contribution in [2.75, 3.05) is 5.32 Å². The summed E-state index contributed by atoms with van der Waals surface area (Å²) < 4.78 is 5.65. The third-order valence-corrected chi connectivity index (χ3v) is 3.90. The highest BCUT2D eigenvalue weighted by atomic mass is 35.5.